The van der Waals surface area contributed by atoms with Gasteiger partial charge >= 0.3 is 0 Å². The van der Waals surface area contributed by atoms with Crippen LogP contribution in [0.5, 0.6) is 0 Å². The van der Waals surface area contributed by atoms with Gasteiger partial charge in [0.25, 0.3) is 5.91 Å². The zero-order valence-electron chi connectivity index (χ0n) is 31.9. The highest BCUT2D eigenvalue weighted by Gasteiger charge is 2.48. The van der Waals surface area contributed by atoms with Crippen LogP contribution in [0, 0.1) is 12.8 Å². The van der Waals surface area contributed by atoms with Crippen molar-refractivity contribution < 1.29 is 32.7 Å². The quantitative estimate of drug-likeness (QED) is 0.105. The van der Waals surface area contributed by atoms with E-state index in [1.807, 2.05) is 61.5 Å². The molecule has 4 atom stereocenters. The molecule has 8 rings (SSSR count). The third-order valence-electron chi connectivity index (χ3n) is 12.0. The molecule has 13 heteroatoms. The number of rotatable bonds is 12. The number of carbonyl (C=O) groups is 4. The summed E-state index contributed by atoms with van der Waals surface area (Å²) >= 11 is 0. The van der Waals surface area contributed by atoms with Gasteiger partial charge in [-0.2, -0.15) is 4.31 Å². The number of amides is 4. The van der Waals surface area contributed by atoms with Gasteiger partial charge in [-0.3, -0.25) is 24.5 Å². The summed E-state index contributed by atoms with van der Waals surface area (Å²) in [5.41, 5.74) is 7.69. The van der Waals surface area contributed by atoms with E-state index in [4.69, 9.17) is 0 Å². The Kier molecular flexibility index (Phi) is 10.7. The SMILES string of the molecule is Cc1ccc(S(=O)(=O)N2CC[C@@H]3[C@H](CO)Nc4ccc(-c5cccc(NC(=O)CCCCCc6cccc7c6CN(C6CCC(=O)NC6=O)C7=O)c5)cc4[C@@H]32)cc1. The number of aryl methyl sites for hydroxylation is 2. The summed E-state index contributed by atoms with van der Waals surface area (Å²) < 4.78 is 29.6. The van der Waals surface area contributed by atoms with E-state index in [1.54, 1.807) is 39.5 Å². The highest BCUT2D eigenvalue weighted by atomic mass is 32.2. The minimum atomic E-state index is -3.80. The van der Waals surface area contributed by atoms with Crippen molar-refractivity contribution in [1.82, 2.24) is 14.5 Å². The molecule has 296 valence electrons. The molecule has 4 aromatic rings. The summed E-state index contributed by atoms with van der Waals surface area (Å²) in [7, 11) is -3.80. The van der Waals surface area contributed by atoms with Crippen LogP contribution in [0.4, 0.5) is 11.4 Å². The summed E-state index contributed by atoms with van der Waals surface area (Å²) in [5.74, 6) is -1.10. The predicted molar refractivity (Wildman–Crippen MR) is 216 cm³/mol. The molecule has 2 fully saturated rings. The van der Waals surface area contributed by atoms with Crippen LogP contribution in [0.25, 0.3) is 11.1 Å². The summed E-state index contributed by atoms with van der Waals surface area (Å²) in [6.07, 6.45) is 4.62. The second kappa shape index (κ2) is 15.9. The second-order valence-corrected chi connectivity index (χ2v) is 17.5. The van der Waals surface area contributed by atoms with Crippen LogP contribution in [0.2, 0.25) is 0 Å². The molecule has 1 unspecified atom stereocenters. The van der Waals surface area contributed by atoms with Gasteiger partial charge < -0.3 is 20.6 Å². The van der Waals surface area contributed by atoms with Crippen molar-refractivity contribution in [2.24, 2.45) is 5.92 Å². The zero-order valence-corrected chi connectivity index (χ0v) is 32.7. The fraction of sp³-hybridized carbons (Fsp3) is 0.364. The van der Waals surface area contributed by atoms with Crippen LogP contribution in [-0.4, -0.2) is 71.6 Å². The highest BCUT2D eigenvalue weighted by Crippen LogP contribution is 2.49. The van der Waals surface area contributed by atoms with E-state index in [0.717, 1.165) is 58.3 Å². The minimum Gasteiger partial charge on any atom is -0.394 e. The molecule has 0 radical (unpaired) electrons. The van der Waals surface area contributed by atoms with Gasteiger partial charge in [0.2, 0.25) is 27.7 Å². The van der Waals surface area contributed by atoms with Crippen molar-refractivity contribution in [3.8, 4) is 11.1 Å². The van der Waals surface area contributed by atoms with Crippen molar-refractivity contribution in [3.63, 3.8) is 0 Å². The summed E-state index contributed by atoms with van der Waals surface area (Å²) in [5, 5.41) is 19.1. The summed E-state index contributed by atoms with van der Waals surface area (Å²) in [6.45, 7) is 2.52. The van der Waals surface area contributed by atoms with Gasteiger partial charge in [-0.1, -0.05) is 54.4 Å². The van der Waals surface area contributed by atoms with E-state index >= 15 is 0 Å². The lowest BCUT2D eigenvalue weighted by molar-refractivity contribution is -0.137. The molecule has 4 aliphatic heterocycles. The van der Waals surface area contributed by atoms with Gasteiger partial charge in [0.05, 0.1) is 23.6 Å². The first-order valence-electron chi connectivity index (χ1n) is 19.8. The molecule has 2 saturated heterocycles. The Bertz CT molecular complexity index is 2350. The fourth-order valence-electron chi connectivity index (χ4n) is 8.98. The number of imide groups is 1. The summed E-state index contributed by atoms with van der Waals surface area (Å²) in [6, 6.07) is 24.8. The van der Waals surface area contributed by atoms with Crippen molar-refractivity contribution in [2.75, 3.05) is 23.8 Å². The Morgan fingerprint density at radius 3 is 2.49 bits per heavy atom. The smallest absolute Gasteiger partial charge is 0.255 e. The molecule has 0 spiro atoms. The Morgan fingerprint density at radius 1 is 0.912 bits per heavy atom. The number of anilines is 2. The molecule has 12 nitrogen and oxygen atoms in total. The fourth-order valence-corrected chi connectivity index (χ4v) is 10.6. The lowest BCUT2D eigenvalue weighted by Crippen LogP contribution is -2.52. The molecule has 0 saturated carbocycles. The number of carbonyl (C=O) groups excluding carboxylic acids is 4. The van der Waals surface area contributed by atoms with Crippen molar-refractivity contribution in [1.29, 1.82) is 0 Å². The first-order valence-corrected chi connectivity index (χ1v) is 21.2. The average molecular weight is 790 g/mol. The van der Waals surface area contributed by atoms with Crippen molar-refractivity contribution in [2.45, 2.75) is 87.9 Å². The molecule has 0 aromatic heterocycles. The van der Waals surface area contributed by atoms with Gasteiger partial charge in [-0.25, -0.2) is 8.42 Å². The van der Waals surface area contributed by atoms with Gasteiger partial charge in [0.1, 0.15) is 6.04 Å². The number of sulfonamides is 1. The van der Waals surface area contributed by atoms with E-state index in [2.05, 4.69) is 16.0 Å². The number of unbranched alkanes of at least 4 members (excludes halogenated alkanes) is 2. The number of hydrogen-bond acceptors (Lipinski definition) is 8. The number of nitrogens with zero attached hydrogens (tertiary/aromatic N) is 2. The van der Waals surface area contributed by atoms with Gasteiger partial charge in [-0.05, 0) is 109 Å². The Balaban J connectivity index is 0.887. The van der Waals surface area contributed by atoms with Crippen LogP contribution in [0.15, 0.2) is 89.8 Å². The van der Waals surface area contributed by atoms with Crippen molar-refractivity contribution in [3.05, 3.63) is 113 Å². The normalized spacial score (nSPS) is 21.7. The number of benzene rings is 4. The molecule has 0 aliphatic carbocycles. The number of fused-ring (bicyclic) bond motifs is 4. The zero-order chi connectivity index (χ0) is 39.8. The lowest BCUT2D eigenvalue weighted by Gasteiger charge is -2.39. The van der Waals surface area contributed by atoms with Crippen LogP contribution >= 0.6 is 0 Å². The van der Waals surface area contributed by atoms with E-state index in [1.165, 1.54) is 0 Å². The third kappa shape index (κ3) is 7.59. The maximum Gasteiger partial charge on any atom is 0.255 e. The molecule has 4 amide bonds. The Morgan fingerprint density at radius 2 is 1.70 bits per heavy atom. The first kappa shape index (κ1) is 38.5. The van der Waals surface area contributed by atoms with E-state index in [9.17, 15) is 32.7 Å². The maximum atomic E-state index is 14.0. The maximum absolute atomic E-state index is 14.0. The average Bonchev–Trinajstić information content (AvgIpc) is 3.81. The highest BCUT2D eigenvalue weighted by molar-refractivity contribution is 7.89. The molecular formula is C44H47N5O7S. The molecular weight excluding hydrogens is 743 g/mol. The summed E-state index contributed by atoms with van der Waals surface area (Å²) in [4.78, 5) is 52.2. The molecule has 4 aliphatic rings. The molecule has 4 N–H and O–H groups in total. The largest absolute Gasteiger partial charge is 0.394 e. The van der Waals surface area contributed by atoms with Crippen LogP contribution in [0.1, 0.15) is 83.6 Å². The van der Waals surface area contributed by atoms with E-state index in [-0.39, 0.29) is 47.6 Å². The lowest BCUT2D eigenvalue weighted by atomic mass is 9.82. The standard InChI is InChI=1S/C44H47N5O7S/c1-27-13-16-32(17-14-27)57(55,56)49-22-21-34-38(26-50)46-37-18-15-30(24-35(37)42(34)49)29-9-5-10-31(23-29)45-40(51)12-4-2-3-7-28-8-6-11-33-36(28)25-48(44(33)54)39-19-20-41(52)47-43(39)53/h5-6,8-11,13-18,23-24,34,38-39,42,46,50H,2-4,7,12,19-22,25-26H2,1H3,(H,45,51)(H,47,52,53)/t34-,38+,39?,42-/m1/s1. The number of nitrogens with one attached hydrogen (secondary N) is 3. The van der Waals surface area contributed by atoms with Crippen LogP contribution in [0.3, 0.4) is 0 Å². The predicted octanol–water partition coefficient (Wildman–Crippen LogP) is 5.70. The van der Waals surface area contributed by atoms with Gasteiger partial charge in [-0.15, -0.1) is 0 Å². The molecule has 4 heterocycles. The number of hydrogen-bond donors (Lipinski definition) is 4. The van der Waals surface area contributed by atoms with Crippen LogP contribution < -0.4 is 16.0 Å². The first-order chi connectivity index (χ1) is 27.5. The molecule has 57 heavy (non-hydrogen) atoms. The molecule has 0 bridgehead atoms. The number of aliphatic hydroxyl groups is 1. The Labute approximate surface area is 332 Å². The van der Waals surface area contributed by atoms with Crippen molar-refractivity contribution >= 4 is 45.0 Å². The third-order valence-corrected chi connectivity index (χ3v) is 13.9. The van der Waals surface area contributed by atoms with Gasteiger partial charge in [0.15, 0.2) is 0 Å². The Hall–Kier alpha value is -5.37. The minimum absolute atomic E-state index is 0.0892. The second-order valence-electron chi connectivity index (χ2n) is 15.6. The topological polar surface area (TPSA) is 165 Å². The van der Waals surface area contributed by atoms with E-state index in [0.29, 0.717) is 50.0 Å². The number of aliphatic hydroxyl groups excluding tert-OH is 1. The number of piperidine rings is 1. The monoisotopic (exact) mass is 789 g/mol. The molecule has 4 aromatic carbocycles. The van der Waals surface area contributed by atoms with Gasteiger partial charge in [0, 0.05) is 48.8 Å². The van der Waals surface area contributed by atoms with Crippen LogP contribution in [-0.2, 0) is 37.4 Å². The van der Waals surface area contributed by atoms with E-state index < -0.39 is 28.0 Å².